The highest BCUT2D eigenvalue weighted by Gasteiger charge is 2.32. The zero-order valence-corrected chi connectivity index (χ0v) is 10.1. The Bertz CT molecular complexity index is 532. The number of carbonyl (C=O) groups excluding carboxylic acids is 1. The molecule has 7 nitrogen and oxygen atoms in total. The molecule has 0 radical (unpaired) electrons. The average Bonchev–Trinajstić information content (AvgIpc) is 2.99. The highest BCUT2D eigenvalue weighted by molar-refractivity contribution is 7.91. The number of nitrogens with two attached hydrogens (primary N) is 1. The minimum absolute atomic E-state index is 0.0139. The first-order valence-electron chi connectivity index (χ1n) is 5.23. The highest BCUT2D eigenvalue weighted by atomic mass is 32.2. The molecule has 2 rings (SSSR count). The number of rotatable bonds is 5. The van der Waals surface area contributed by atoms with Gasteiger partial charge >= 0.3 is 0 Å². The van der Waals surface area contributed by atoms with Crippen LogP contribution < -0.4 is 5.73 Å². The van der Waals surface area contributed by atoms with Gasteiger partial charge in [0.05, 0.1) is 0 Å². The Morgan fingerprint density at radius 1 is 1.59 bits per heavy atom. The van der Waals surface area contributed by atoms with Crippen molar-refractivity contribution in [2.45, 2.75) is 36.7 Å². The molecule has 1 aliphatic carbocycles. The van der Waals surface area contributed by atoms with E-state index in [0.717, 1.165) is 12.8 Å². The van der Waals surface area contributed by atoms with Crippen LogP contribution in [0.5, 0.6) is 0 Å². The third-order valence-corrected chi connectivity index (χ3v) is 4.65. The second kappa shape index (κ2) is 4.10. The molecule has 1 amide bonds. The lowest BCUT2D eigenvalue weighted by atomic mass is 10.4. The Kier molecular flexibility index (Phi) is 2.90. The second-order valence-corrected chi connectivity index (χ2v) is 6.49. The predicted molar refractivity (Wildman–Crippen MR) is 57.6 cm³/mol. The summed E-state index contributed by atoms with van der Waals surface area (Å²) in [5.41, 5.74) is 4.95. The Morgan fingerprint density at radius 2 is 2.24 bits per heavy atom. The normalized spacial score (nSPS) is 17.9. The zero-order valence-electron chi connectivity index (χ0n) is 9.29. The predicted octanol–water partition coefficient (Wildman–Crippen LogP) is -0.264. The first kappa shape index (κ1) is 12.0. The molecule has 1 aliphatic rings. The summed E-state index contributed by atoms with van der Waals surface area (Å²) in [6, 6.07) is 0. The first-order chi connectivity index (χ1) is 7.90. The van der Waals surface area contributed by atoms with Crippen LogP contribution >= 0.6 is 0 Å². The summed E-state index contributed by atoms with van der Waals surface area (Å²) < 4.78 is 28.3. The molecular weight excluding hydrogens is 246 g/mol. The molecule has 17 heavy (non-hydrogen) atoms. The number of carbonyl (C=O) groups is 1. The maximum Gasteiger partial charge on any atom is 0.241 e. The zero-order chi connectivity index (χ0) is 12.6. The number of aromatic nitrogens is 2. The van der Waals surface area contributed by atoms with Gasteiger partial charge in [-0.1, -0.05) is 5.16 Å². The van der Waals surface area contributed by atoms with E-state index in [1.807, 2.05) is 0 Å². The topological polar surface area (TPSA) is 116 Å². The summed E-state index contributed by atoms with van der Waals surface area (Å²) in [5.74, 6) is -0.478. The number of hydrogen-bond donors (Lipinski definition) is 1. The van der Waals surface area contributed by atoms with E-state index in [-0.39, 0.29) is 5.89 Å². The van der Waals surface area contributed by atoms with Crippen molar-refractivity contribution in [2.75, 3.05) is 0 Å². The quantitative estimate of drug-likeness (QED) is 0.778. The van der Waals surface area contributed by atoms with E-state index in [2.05, 4.69) is 10.1 Å². The Labute approximate surface area is 98.3 Å². The first-order valence-corrected chi connectivity index (χ1v) is 6.95. The fourth-order valence-corrected chi connectivity index (χ4v) is 2.37. The third kappa shape index (κ3) is 2.63. The molecule has 0 bridgehead atoms. The largest absolute Gasteiger partial charge is 0.369 e. The molecule has 0 saturated heterocycles. The minimum atomic E-state index is -3.68. The van der Waals surface area contributed by atoms with Crippen molar-refractivity contribution in [3.8, 4) is 0 Å². The standard InChI is InChI=1S/C9H13N3O4S/c1-5(8(10)13)17(14,15)4-7-11-9(12-16-7)6-2-3-6/h5-6H,2-4H2,1H3,(H2,10,13)/t5-/m0/s1. The molecular formula is C9H13N3O4S. The molecule has 1 saturated carbocycles. The van der Waals surface area contributed by atoms with Crippen molar-refractivity contribution in [1.82, 2.24) is 10.1 Å². The third-order valence-electron chi connectivity index (χ3n) is 2.69. The number of nitrogens with zero attached hydrogens (tertiary/aromatic N) is 2. The van der Waals surface area contributed by atoms with Crippen LogP contribution in [0.25, 0.3) is 0 Å². The van der Waals surface area contributed by atoms with Crippen molar-refractivity contribution in [2.24, 2.45) is 5.73 Å². The summed E-state index contributed by atoms with van der Waals surface area (Å²) in [7, 11) is -3.68. The molecule has 0 aromatic carbocycles. The molecule has 0 unspecified atom stereocenters. The van der Waals surface area contributed by atoms with E-state index in [0.29, 0.717) is 11.7 Å². The van der Waals surface area contributed by atoms with Gasteiger partial charge < -0.3 is 10.3 Å². The molecule has 1 fully saturated rings. The van der Waals surface area contributed by atoms with E-state index in [1.165, 1.54) is 6.92 Å². The molecule has 1 heterocycles. The fourth-order valence-electron chi connectivity index (χ4n) is 1.31. The maximum atomic E-state index is 11.7. The molecule has 1 aromatic heterocycles. The summed E-state index contributed by atoms with van der Waals surface area (Å²) in [6.07, 6.45) is 2.01. The van der Waals surface area contributed by atoms with Gasteiger partial charge in [-0.3, -0.25) is 4.79 Å². The van der Waals surface area contributed by atoms with Crippen molar-refractivity contribution in [1.29, 1.82) is 0 Å². The molecule has 1 aromatic rings. The molecule has 94 valence electrons. The lowest BCUT2D eigenvalue weighted by Crippen LogP contribution is -2.34. The van der Waals surface area contributed by atoms with Crippen molar-refractivity contribution >= 4 is 15.7 Å². The van der Waals surface area contributed by atoms with Crippen molar-refractivity contribution in [3.05, 3.63) is 11.7 Å². The summed E-state index contributed by atoms with van der Waals surface area (Å²) in [5, 5.41) is 2.45. The van der Waals surface area contributed by atoms with Gasteiger partial charge in [0.25, 0.3) is 0 Å². The van der Waals surface area contributed by atoms with Crippen molar-refractivity contribution < 1.29 is 17.7 Å². The smallest absolute Gasteiger partial charge is 0.241 e. The summed E-state index contributed by atoms with van der Waals surface area (Å²) in [6.45, 7) is 1.25. The van der Waals surface area contributed by atoms with Crippen LogP contribution in [0.3, 0.4) is 0 Å². The molecule has 8 heteroatoms. The Balaban J connectivity index is 2.11. The number of sulfone groups is 1. The van der Waals surface area contributed by atoms with Crippen LogP contribution in [-0.4, -0.2) is 29.7 Å². The van der Waals surface area contributed by atoms with Gasteiger partial charge in [0.1, 0.15) is 11.0 Å². The van der Waals surface area contributed by atoms with Crippen LogP contribution in [-0.2, 0) is 20.4 Å². The highest BCUT2D eigenvalue weighted by Crippen LogP contribution is 2.38. The van der Waals surface area contributed by atoms with Crippen LogP contribution in [0, 0.1) is 0 Å². The molecule has 0 aliphatic heterocycles. The number of primary amides is 1. The van der Waals surface area contributed by atoms with Gasteiger partial charge in [0.15, 0.2) is 15.7 Å². The van der Waals surface area contributed by atoms with Gasteiger partial charge in [0.2, 0.25) is 11.8 Å². The van der Waals surface area contributed by atoms with E-state index in [4.69, 9.17) is 10.3 Å². The summed E-state index contributed by atoms with van der Waals surface area (Å²) in [4.78, 5) is 14.8. The molecule has 2 N–H and O–H groups in total. The second-order valence-electron chi connectivity index (χ2n) is 4.17. The molecule has 1 atom stereocenters. The lowest BCUT2D eigenvalue weighted by Gasteiger charge is -2.06. The minimum Gasteiger partial charge on any atom is -0.369 e. The van der Waals surface area contributed by atoms with Gasteiger partial charge in [-0.25, -0.2) is 8.42 Å². The number of hydrogen-bond acceptors (Lipinski definition) is 6. The van der Waals surface area contributed by atoms with Crippen molar-refractivity contribution in [3.63, 3.8) is 0 Å². The fraction of sp³-hybridized carbons (Fsp3) is 0.667. The van der Waals surface area contributed by atoms with E-state index in [1.54, 1.807) is 0 Å². The number of amides is 1. The monoisotopic (exact) mass is 259 g/mol. The van der Waals surface area contributed by atoms with E-state index >= 15 is 0 Å². The van der Waals surface area contributed by atoms with E-state index in [9.17, 15) is 13.2 Å². The Hall–Kier alpha value is -1.44. The SMILES string of the molecule is C[C@@H](C(N)=O)S(=O)(=O)Cc1nc(C2CC2)no1. The van der Waals surface area contributed by atoms with E-state index < -0.39 is 26.7 Å². The average molecular weight is 259 g/mol. The molecule has 0 spiro atoms. The van der Waals surface area contributed by atoms with Gasteiger partial charge in [0, 0.05) is 5.92 Å². The van der Waals surface area contributed by atoms with Crippen LogP contribution in [0.1, 0.15) is 37.4 Å². The van der Waals surface area contributed by atoms with Crippen LogP contribution in [0.4, 0.5) is 0 Å². The van der Waals surface area contributed by atoms with Crippen LogP contribution in [0.2, 0.25) is 0 Å². The van der Waals surface area contributed by atoms with Gasteiger partial charge in [-0.15, -0.1) is 0 Å². The van der Waals surface area contributed by atoms with Crippen LogP contribution in [0.15, 0.2) is 4.52 Å². The Morgan fingerprint density at radius 3 is 2.76 bits per heavy atom. The van der Waals surface area contributed by atoms with Gasteiger partial charge in [-0.05, 0) is 19.8 Å². The maximum absolute atomic E-state index is 11.7. The van der Waals surface area contributed by atoms with Gasteiger partial charge in [-0.2, -0.15) is 4.98 Å². The lowest BCUT2D eigenvalue weighted by molar-refractivity contribution is -0.117. The summed E-state index contributed by atoms with van der Waals surface area (Å²) >= 11 is 0.